The average molecular weight is 359 g/mol. The number of hydrogen-bond acceptors (Lipinski definition) is 3. The Morgan fingerprint density at radius 3 is 2.67 bits per heavy atom. The first kappa shape index (κ1) is 17.1. The van der Waals surface area contributed by atoms with Crippen LogP contribution >= 0.6 is 0 Å². The molecule has 0 spiro atoms. The summed E-state index contributed by atoms with van der Waals surface area (Å²) in [6, 6.07) is 13.7. The molecule has 0 aliphatic rings. The Kier molecular flexibility index (Phi) is 4.28. The highest BCUT2D eigenvalue weighted by atomic mass is 16.3. The third kappa shape index (κ3) is 3.24. The molecule has 0 bridgehead atoms. The number of carbonyl (C=O) groups is 1. The molecule has 0 radical (unpaired) electrons. The zero-order chi connectivity index (χ0) is 19.0. The van der Waals surface area contributed by atoms with Crippen LogP contribution in [0.15, 0.2) is 59.3 Å². The van der Waals surface area contributed by atoms with Crippen molar-refractivity contribution in [2.75, 3.05) is 5.32 Å². The number of anilines is 1. The molecule has 1 amide bonds. The minimum atomic E-state index is -0.237. The second-order valence-corrected chi connectivity index (χ2v) is 6.82. The van der Waals surface area contributed by atoms with Gasteiger partial charge in [-0.2, -0.15) is 5.10 Å². The van der Waals surface area contributed by atoms with Crippen LogP contribution in [-0.4, -0.2) is 15.7 Å². The Balaban J connectivity index is 1.61. The Hall–Kier alpha value is -3.34. The number of carbonyl (C=O) groups excluding carboxylic acids is 1. The molecule has 0 saturated heterocycles. The fourth-order valence-corrected chi connectivity index (χ4v) is 3.41. The van der Waals surface area contributed by atoms with Gasteiger partial charge in [0.1, 0.15) is 5.58 Å². The summed E-state index contributed by atoms with van der Waals surface area (Å²) in [4.78, 5) is 12.8. The topological polar surface area (TPSA) is 60.1 Å². The van der Waals surface area contributed by atoms with Gasteiger partial charge in [-0.05, 0) is 55.7 Å². The summed E-state index contributed by atoms with van der Waals surface area (Å²) in [6.07, 6.45) is 3.66. The van der Waals surface area contributed by atoms with Gasteiger partial charge in [0.2, 0.25) is 0 Å². The quantitative estimate of drug-likeness (QED) is 0.566. The fraction of sp³-hybridized carbons (Fsp3) is 0.182. The molecule has 4 rings (SSSR count). The highest BCUT2D eigenvalue weighted by Crippen LogP contribution is 2.31. The second-order valence-electron chi connectivity index (χ2n) is 6.82. The summed E-state index contributed by atoms with van der Waals surface area (Å²) in [7, 11) is 0. The Bertz CT molecular complexity index is 1120. The SMILES string of the molecule is Cc1ccc(C)c2c(C)c(C(=O)Nc3cccc(Cn4cccn4)c3)oc12. The lowest BCUT2D eigenvalue weighted by atomic mass is 10.0. The molecular weight excluding hydrogens is 338 g/mol. The largest absolute Gasteiger partial charge is 0.450 e. The molecule has 27 heavy (non-hydrogen) atoms. The van der Waals surface area contributed by atoms with E-state index >= 15 is 0 Å². The van der Waals surface area contributed by atoms with E-state index in [0.717, 1.165) is 38.9 Å². The summed E-state index contributed by atoms with van der Waals surface area (Å²) in [6.45, 7) is 6.61. The zero-order valence-corrected chi connectivity index (χ0v) is 15.6. The van der Waals surface area contributed by atoms with E-state index in [4.69, 9.17) is 4.42 Å². The van der Waals surface area contributed by atoms with Gasteiger partial charge in [0.05, 0.1) is 6.54 Å². The maximum atomic E-state index is 12.8. The zero-order valence-electron chi connectivity index (χ0n) is 15.6. The van der Waals surface area contributed by atoms with Crippen LogP contribution in [0.1, 0.15) is 32.8 Å². The van der Waals surface area contributed by atoms with Crippen LogP contribution in [-0.2, 0) is 6.54 Å². The van der Waals surface area contributed by atoms with Gasteiger partial charge in [0.25, 0.3) is 5.91 Å². The third-order valence-electron chi connectivity index (χ3n) is 4.78. The van der Waals surface area contributed by atoms with Crippen molar-refractivity contribution >= 4 is 22.6 Å². The number of rotatable bonds is 4. The number of furan rings is 1. The monoisotopic (exact) mass is 359 g/mol. The number of hydrogen-bond donors (Lipinski definition) is 1. The Morgan fingerprint density at radius 1 is 1.11 bits per heavy atom. The Morgan fingerprint density at radius 2 is 1.93 bits per heavy atom. The number of amides is 1. The van der Waals surface area contributed by atoms with Crippen LogP contribution in [0.4, 0.5) is 5.69 Å². The van der Waals surface area contributed by atoms with Crippen molar-refractivity contribution in [2.45, 2.75) is 27.3 Å². The molecule has 0 unspecified atom stereocenters. The molecule has 2 heterocycles. The number of aromatic nitrogens is 2. The molecule has 2 aromatic carbocycles. The van der Waals surface area contributed by atoms with Crippen molar-refractivity contribution in [3.63, 3.8) is 0 Å². The van der Waals surface area contributed by atoms with Crippen molar-refractivity contribution in [3.8, 4) is 0 Å². The molecule has 2 aromatic heterocycles. The predicted octanol–water partition coefficient (Wildman–Crippen LogP) is 4.86. The predicted molar refractivity (Wildman–Crippen MR) is 106 cm³/mol. The number of nitrogens with one attached hydrogen (secondary N) is 1. The molecule has 5 heteroatoms. The van der Waals surface area contributed by atoms with E-state index < -0.39 is 0 Å². The lowest BCUT2D eigenvalue weighted by Crippen LogP contribution is -2.12. The molecule has 136 valence electrons. The van der Waals surface area contributed by atoms with Gasteiger partial charge in [-0.1, -0.05) is 24.3 Å². The minimum absolute atomic E-state index is 0.237. The lowest BCUT2D eigenvalue weighted by molar-refractivity contribution is 0.0998. The van der Waals surface area contributed by atoms with Crippen LogP contribution in [0.25, 0.3) is 11.0 Å². The second kappa shape index (κ2) is 6.76. The average Bonchev–Trinajstić information content (AvgIpc) is 3.27. The molecule has 1 N–H and O–H groups in total. The maximum Gasteiger partial charge on any atom is 0.291 e. The van der Waals surface area contributed by atoms with Crippen molar-refractivity contribution in [1.82, 2.24) is 9.78 Å². The third-order valence-corrected chi connectivity index (χ3v) is 4.78. The van der Waals surface area contributed by atoms with E-state index in [2.05, 4.69) is 16.5 Å². The molecule has 0 atom stereocenters. The molecule has 0 fully saturated rings. The van der Waals surface area contributed by atoms with Gasteiger partial charge >= 0.3 is 0 Å². The maximum absolute atomic E-state index is 12.8. The van der Waals surface area contributed by atoms with E-state index in [-0.39, 0.29) is 5.91 Å². The van der Waals surface area contributed by atoms with Gasteiger partial charge in [-0.15, -0.1) is 0 Å². The number of benzene rings is 2. The highest BCUT2D eigenvalue weighted by molar-refractivity contribution is 6.07. The first-order valence-electron chi connectivity index (χ1n) is 8.90. The van der Waals surface area contributed by atoms with Crippen LogP contribution in [0, 0.1) is 20.8 Å². The first-order chi connectivity index (χ1) is 13.0. The molecular formula is C22H21N3O2. The lowest BCUT2D eigenvalue weighted by Gasteiger charge is -2.07. The molecule has 4 aromatic rings. The fourth-order valence-electron chi connectivity index (χ4n) is 3.41. The molecule has 0 aliphatic carbocycles. The minimum Gasteiger partial charge on any atom is -0.450 e. The van der Waals surface area contributed by atoms with Gasteiger partial charge in [0, 0.05) is 29.0 Å². The van der Waals surface area contributed by atoms with Gasteiger partial charge in [-0.3, -0.25) is 9.48 Å². The summed E-state index contributed by atoms with van der Waals surface area (Å²) >= 11 is 0. The highest BCUT2D eigenvalue weighted by Gasteiger charge is 2.20. The summed E-state index contributed by atoms with van der Waals surface area (Å²) in [5.74, 6) is 0.124. The molecule has 5 nitrogen and oxygen atoms in total. The van der Waals surface area contributed by atoms with E-state index in [9.17, 15) is 4.79 Å². The number of aryl methyl sites for hydroxylation is 3. The van der Waals surface area contributed by atoms with Crippen molar-refractivity contribution in [3.05, 3.63) is 82.9 Å². The van der Waals surface area contributed by atoms with Gasteiger partial charge < -0.3 is 9.73 Å². The summed E-state index contributed by atoms with van der Waals surface area (Å²) in [5.41, 5.74) is 5.58. The van der Waals surface area contributed by atoms with Crippen molar-refractivity contribution in [2.24, 2.45) is 0 Å². The van der Waals surface area contributed by atoms with E-state index in [1.54, 1.807) is 6.20 Å². The number of fused-ring (bicyclic) bond motifs is 1. The van der Waals surface area contributed by atoms with Crippen molar-refractivity contribution < 1.29 is 9.21 Å². The van der Waals surface area contributed by atoms with Crippen LogP contribution in [0.5, 0.6) is 0 Å². The van der Waals surface area contributed by atoms with E-state index in [1.807, 2.05) is 68.0 Å². The summed E-state index contributed by atoms with van der Waals surface area (Å²) < 4.78 is 7.78. The van der Waals surface area contributed by atoms with E-state index in [0.29, 0.717) is 12.3 Å². The van der Waals surface area contributed by atoms with Gasteiger partial charge in [0.15, 0.2) is 5.76 Å². The van der Waals surface area contributed by atoms with Crippen molar-refractivity contribution in [1.29, 1.82) is 0 Å². The first-order valence-corrected chi connectivity index (χ1v) is 8.90. The standard InChI is InChI=1S/C22H21N3O2/c1-14-8-9-15(2)20-19(14)16(3)21(27-20)22(26)24-18-7-4-6-17(12-18)13-25-11-5-10-23-25/h4-12H,13H2,1-3H3,(H,24,26). The molecule has 0 saturated carbocycles. The van der Waals surface area contributed by atoms with Crippen LogP contribution in [0.3, 0.4) is 0 Å². The van der Waals surface area contributed by atoms with E-state index in [1.165, 1.54) is 0 Å². The van der Waals surface area contributed by atoms with Crippen LogP contribution < -0.4 is 5.32 Å². The summed E-state index contributed by atoms with van der Waals surface area (Å²) in [5, 5.41) is 8.19. The van der Waals surface area contributed by atoms with Gasteiger partial charge in [-0.25, -0.2) is 0 Å². The normalized spacial score (nSPS) is 11.1. The number of nitrogens with zero attached hydrogens (tertiary/aromatic N) is 2. The van der Waals surface area contributed by atoms with Crippen LogP contribution in [0.2, 0.25) is 0 Å². The smallest absolute Gasteiger partial charge is 0.291 e. The Labute approximate surface area is 157 Å². The molecule has 0 aliphatic heterocycles.